The highest BCUT2D eigenvalue weighted by atomic mass is 79.9. The molecule has 0 unspecified atom stereocenters. The molecule has 2 aliphatic rings. The Labute approximate surface area is 126 Å². The second kappa shape index (κ2) is 5.37. The lowest BCUT2D eigenvalue weighted by Crippen LogP contribution is -2.39. The van der Waals surface area contributed by atoms with E-state index in [9.17, 15) is 9.90 Å². The zero-order valence-corrected chi connectivity index (χ0v) is 12.7. The molecule has 0 bridgehead atoms. The summed E-state index contributed by atoms with van der Waals surface area (Å²) in [6.07, 6.45) is 4.36. The van der Waals surface area contributed by atoms with E-state index < -0.39 is 11.4 Å². The van der Waals surface area contributed by atoms with Crippen LogP contribution >= 0.6 is 15.9 Å². The van der Waals surface area contributed by atoms with E-state index >= 15 is 0 Å². The van der Waals surface area contributed by atoms with Crippen LogP contribution in [0, 0.1) is 0 Å². The molecule has 108 valence electrons. The van der Waals surface area contributed by atoms with Crippen molar-refractivity contribution in [2.24, 2.45) is 0 Å². The van der Waals surface area contributed by atoms with Crippen molar-refractivity contribution >= 4 is 21.9 Å². The highest BCUT2D eigenvalue weighted by Crippen LogP contribution is 2.47. The Morgan fingerprint density at radius 3 is 2.70 bits per heavy atom. The van der Waals surface area contributed by atoms with E-state index in [1.807, 2.05) is 12.1 Å². The van der Waals surface area contributed by atoms with Crippen molar-refractivity contribution in [2.45, 2.75) is 44.1 Å². The fraction of sp³-hybridized carbons (Fsp3) is 0.533. The maximum Gasteiger partial charge on any atom is 0.314 e. The Kier molecular flexibility index (Phi) is 3.73. The Hall–Kier alpha value is -1.07. The average Bonchev–Trinajstić information content (AvgIpc) is 2.47. The summed E-state index contributed by atoms with van der Waals surface area (Å²) < 4.78 is 11.7. The first-order chi connectivity index (χ1) is 9.65. The van der Waals surface area contributed by atoms with E-state index in [0.29, 0.717) is 19.4 Å². The quantitative estimate of drug-likeness (QED) is 0.893. The minimum atomic E-state index is -0.813. The number of carboxylic acid groups (broad SMARTS) is 1. The van der Waals surface area contributed by atoms with E-state index in [1.165, 1.54) is 0 Å². The summed E-state index contributed by atoms with van der Waals surface area (Å²) in [5.41, 5.74) is 0.920. The van der Waals surface area contributed by atoms with Gasteiger partial charge in [-0.15, -0.1) is 0 Å². The Bertz CT molecular complexity index is 535. The lowest BCUT2D eigenvalue weighted by atomic mass is 9.68. The summed E-state index contributed by atoms with van der Waals surface area (Å²) >= 11 is 3.54. The van der Waals surface area contributed by atoms with Gasteiger partial charge in [-0.2, -0.15) is 0 Å². The van der Waals surface area contributed by atoms with Crippen molar-refractivity contribution in [1.82, 2.24) is 0 Å². The van der Waals surface area contributed by atoms with Crippen LogP contribution in [-0.4, -0.2) is 17.9 Å². The van der Waals surface area contributed by atoms with Crippen molar-refractivity contribution in [3.8, 4) is 5.75 Å². The highest BCUT2D eigenvalue weighted by molar-refractivity contribution is 9.10. The molecule has 1 aliphatic carbocycles. The van der Waals surface area contributed by atoms with E-state index in [2.05, 4.69) is 15.9 Å². The van der Waals surface area contributed by atoms with Gasteiger partial charge in [0.25, 0.3) is 0 Å². The molecule has 20 heavy (non-hydrogen) atoms. The molecule has 3 rings (SSSR count). The number of carbonyl (C=O) groups is 1. The summed E-state index contributed by atoms with van der Waals surface area (Å²) in [4.78, 5) is 12.0. The largest absolute Gasteiger partial charge is 0.481 e. The highest BCUT2D eigenvalue weighted by Gasteiger charge is 2.45. The Morgan fingerprint density at radius 1 is 1.25 bits per heavy atom. The van der Waals surface area contributed by atoms with Crippen molar-refractivity contribution in [3.63, 3.8) is 0 Å². The number of halogens is 1. The minimum absolute atomic E-state index is 0.230. The van der Waals surface area contributed by atoms with Gasteiger partial charge in [0.05, 0.1) is 12.0 Å². The number of ether oxygens (including phenoxy) is 2. The van der Waals surface area contributed by atoms with Crippen LogP contribution in [-0.2, 0) is 21.6 Å². The number of fused-ring (bicyclic) bond motifs is 1. The molecule has 0 amide bonds. The zero-order chi connectivity index (χ0) is 14.2. The normalized spacial score (nSPS) is 20.9. The molecule has 1 saturated carbocycles. The number of rotatable bonds is 2. The summed E-state index contributed by atoms with van der Waals surface area (Å²) in [7, 11) is 0. The van der Waals surface area contributed by atoms with Crippen LogP contribution in [0.4, 0.5) is 0 Å². The Morgan fingerprint density at radius 2 is 2.00 bits per heavy atom. The van der Waals surface area contributed by atoms with Gasteiger partial charge in [-0.3, -0.25) is 4.79 Å². The predicted molar refractivity (Wildman–Crippen MR) is 76.8 cm³/mol. The number of carboxylic acids is 1. The summed E-state index contributed by atoms with van der Waals surface area (Å²) in [5, 5.41) is 9.87. The molecule has 1 aromatic rings. The third-order valence-corrected chi connectivity index (χ3v) is 5.02. The lowest BCUT2D eigenvalue weighted by molar-refractivity contribution is -0.145. The van der Waals surface area contributed by atoms with Gasteiger partial charge in [0.15, 0.2) is 6.79 Å². The molecule has 1 N–H and O–H groups in total. The fourth-order valence-corrected chi connectivity index (χ4v) is 4.12. The van der Waals surface area contributed by atoms with Crippen molar-refractivity contribution in [1.29, 1.82) is 0 Å². The molecule has 0 saturated heterocycles. The molecule has 1 heterocycles. The monoisotopic (exact) mass is 340 g/mol. The Balaban J connectivity index is 2.18. The molecular formula is C15H17BrO4. The van der Waals surface area contributed by atoms with Crippen molar-refractivity contribution in [2.75, 3.05) is 6.79 Å². The van der Waals surface area contributed by atoms with Crippen LogP contribution in [0.3, 0.4) is 0 Å². The van der Waals surface area contributed by atoms with Gasteiger partial charge in [-0.1, -0.05) is 35.2 Å². The van der Waals surface area contributed by atoms with Gasteiger partial charge in [0, 0.05) is 10.0 Å². The van der Waals surface area contributed by atoms with E-state index in [-0.39, 0.29) is 6.79 Å². The maximum atomic E-state index is 12.0. The summed E-state index contributed by atoms with van der Waals surface area (Å²) in [6, 6.07) is 3.77. The fourth-order valence-electron chi connectivity index (χ4n) is 3.37. The first-order valence-corrected chi connectivity index (χ1v) is 7.70. The number of hydrogen-bond donors (Lipinski definition) is 1. The van der Waals surface area contributed by atoms with Crippen LogP contribution < -0.4 is 4.74 Å². The van der Waals surface area contributed by atoms with Crippen LogP contribution in [0.25, 0.3) is 0 Å². The predicted octanol–water partition coefficient (Wildman–Crippen LogP) is 3.60. The van der Waals surface area contributed by atoms with Crippen molar-refractivity contribution < 1.29 is 19.4 Å². The van der Waals surface area contributed by atoms with Crippen molar-refractivity contribution in [3.05, 3.63) is 27.7 Å². The van der Waals surface area contributed by atoms with Gasteiger partial charge < -0.3 is 14.6 Å². The third kappa shape index (κ3) is 2.13. The number of aliphatic carboxylic acids is 1. The smallest absolute Gasteiger partial charge is 0.314 e. The molecule has 5 heteroatoms. The summed E-state index contributed by atoms with van der Waals surface area (Å²) in [6.45, 7) is 0.646. The standard InChI is InChI=1S/C15H17BrO4/c16-11-4-5-12-10(8-19-9-20-12)13(11)15(14(17)18)6-2-1-3-7-15/h4-5H,1-3,6-9H2,(H,17,18). The van der Waals surface area contributed by atoms with Gasteiger partial charge in [-0.25, -0.2) is 0 Å². The van der Waals surface area contributed by atoms with Crippen LogP contribution in [0.5, 0.6) is 5.75 Å². The first-order valence-electron chi connectivity index (χ1n) is 6.91. The SMILES string of the molecule is O=C(O)C1(c2c(Br)ccc3c2COCO3)CCCCC1. The molecule has 1 aliphatic heterocycles. The van der Waals surface area contributed by atoms with Crippen LogP contribution in [0.1, 0.15) is 43.2 Å². The molecule has 0 spiro atoms. The molecule has 1 fully saturated rings. The van der Waals surface area contributed by atoms with Crippen LogP contribution in [0.15, 0.2) is 16.6 Å². The lowest BCUT2D eigenvalue weighted by Gasteiger charge is -2.37. The van der Waals surface area contributed by atoms with Gasteiger partial charge in [0.1, 0.15) is 5.75 Å². The average molecular weight is 341 g/mol. The molecule has 0 atom stereocenters. The van der Waals surface area contributed by atoms with E-state index in [0.717, 1.165) is 40.6 Å². The zero-order valence-electron chi connectivity index (χ0n) is 11.2. The van der Waals surface area contributed by atoms with Gasteiger partial charge >= 0.3 is 5.97 Å². The molecule has 0 radical (unpaired) electrons. The minimum Gasteiger partial charge on any atom is -0.481 e. The van der Waals surface area contributed by atoms with Crippen LogP contribution in [0.2, 0.25) is 0 Å². The molecule has 0 aromatic heterocycles. The first kappa shape index (κ1) is 13.9. The second-order valence-electron chi connectivity index (χ2n) is 5.46. The number of benzene rings is 1. The maximum absolute atomic E-state index is 12.0. The van der Waals surface area contributed by atoms with Gasteiger partial charge in [-0.05, 0) is 30.5 Å². The molecular weight excluding hydrogens is 324 g/mol. The van der Waals surface area contributed by atoms with E-state index in [1.54, 1.807) is 0 Å². The summed E-state index contributed by atoms with van der Waals surface area (Å²) in [5.74, 6) is 0.0116. The second-order valence-corrected chi connectivity index (χ2v) is 6.31. The molecule has 1 aromatic carbocycles. The number of hydrogen-bond acceptors (Lipinski definition) is 3. The molecule has 4 nitrogen and oxygen atoms in total. The van der Waals surface area contributed by atoms with Gasteiger partial charge in [0.2, 0.25) is 0 Å². The topological polar surface area (TPSA) is 55.8 Å². The van der Waals surface area contributed by atoms with E-state index in [4.69, 9.17) is 9.47 Å². The third-order valence-electron chi connectivity index (χ3n) is 4.36.